The van der Waals surface area contributed by atoms with Crippen LogP contribution in [0.15, 0.2) is 18.2 Å². The smallest absolute Gasteiger partial charge is 0.414 e. The number of benzene rings is 1. The first kappa shape index (κ1) is 14.4. The summed E-state index contributed by atoms with van der Waals surface area (Å²) < 4.78 is 5.26. The molecule has 1 aromatic rings. The number of terminal acetylenes is 1. The highest BCUT2D eigenvalue weighted by molar-refractivity contribution is 6.31. The Morgan fingerprint density at radius 2 is 2.00 bits per heavy atom. The Morgan fingerprint density at radius 3 is 2.50 bits per heavy atom. The maximum atomic E-state index is 11.9. The fourth-order valence-corrected chi connectivity index (χ4v) is 1.52. The van der Waals surface area contributed by atoms with Gasteiger partial charge in [0, 0.05) is 23.3 Å². The second-order valence-corrected chi connectivity index (χ2v) is 5.32. The van der Waals surface area contributed by atoms with E-state index in [1.165, 1.54) is 4.90 Å². The average molecular weight is 266 g/mol. The SMILES string of the molecule is C#Cc1cc(Cl)cc(N(C)C(=O)OC(C)(C)C)c1. The average Bonchev–Trinajstić information content (AvgIpc) is 2.24. The summed E-state index contributed by atoms with van der Waals surface area (Å²) in [4.78, 5) is 13.3. The van der Waals surface area contributed by atoms with Crippen molar-refractivity contribution in [3.63, 3.8) is 0 Å². The van der Waals surface area contributed by atoms with Crippen LogP contribution in [0.3, 0.4) is 0 Å². The summed E-state index contributed by atoms with van der Waals surface area (Å²) in [6.07, 6.45) is 4.87. The number of nitrogens with zero attached hydrogens (tertiary/aromatic N) is 1. The number of amides is 1. The molecule has 0 saturated heterocycles. The van der Waals surface area contributed by atoms with Crippen molar-refractivity contribution in [2.75, 3.05) is 11.9 Å². The number of ether oxygens (including phenoxy) is 1. The van der Waals surface area contributed by atoms with Crippen LogP contribution in [0.4, 0.5) is 10.5 Å². The third-order valence-electron chi connectivity index (χ3n) is 2.10. The van der Waals surface area contributed by atoms with Crippen molar-refractivity contribution in [2.24, 2.45) is 0 Å². The molecule has 0 aliphatic carbocycles. The summed E-state index contributed by atoms with van der Waals surface area (Å²) in [6, 6.07) is 5.02. The lowest BCUT2D eigenvalue weighted by Gasteiger charge is -2.24. The first-order valence-corrected chi connectivity index (χ1v) is 5.84. The van der Waals surface area contributed by atoms with Gasteiger partial charge in [-0.3, -0.25) is 4.90 Å². The van der Waals surface area contributed by atoms with Crippen LogP contribution in [0.5, 0.6) is 0 Å². The molecule has 0 atom stereocenters. The molecule has 0 saturated carbocycles. The second-order valence-electron chi connectivity index (χ2n) is 4.88. The standard InChI is InChI=1S/C14H16ClNO2/c1-6-10-7-11(15)9-12(8-10)16(5)13(17)18-14(2,3)4/h1,7-9H,2-5H3. The summed E-state index contributed by atoms with van der Waals surface area (Å²) in [7, 11) is 1.61. The number of rotatable bonds is 1. The van der Waals surface area contributed by atoms with Crippen LogP contribution in [0.2, 0.25) is 5.02 Å². The van der Waals surface area contributed by atoms with Gasteiger partial charge < -0.3 is 4.74 Å². The van der Waals surface area contributed by atoms with Crippen LogP contribution in [-0.2, 0) is 4.74 Å². The molecule has 0 heterocycles. The van der Waals surface area contributed by atoms with Gasteiger partial charge in [-0.1, -0.05) is 17.5 Å². The van der Waals surface area contributed by atoms with Crippen LogP contribution >= 0.6 is 11.6 Å². The molecule has 0 aromatic heterocycles. The molecule has 1 amide bonds. The topological polar surface area (TPSA) is 29.5 Å². The van der Waals surface area contributed by atoms with Gasteiger partial charge in [-0.2, -0.15) is 0 Å². The highest BCUT2D eigenvalue weighted by Gasteiger charge is 2.20. The number of carbonyl (C=O) groups is 1. The van der Waals surface area contributed by atoms with Crippen molar-refractivity contribution in [3.8, 4) is 12.3 Å². The predicted octanol–water partition coefficient (Wildman–Crippen LogP) is 3.69. The molecule has 4 heteroatoms. The minimum atomic E-state index is -0.543. The molecule has 1 rings (SSSR count). The summed E-state index contributed by atoms with van der Waals surface area (Å²) in [5.41, 5.74) is 0.677. The molecule has 18 heavy (non-hydrogen) atoms. The van der Waals surface area contributed by atoms with Gasteiger partial charge in [-0.25, -0.2) is 4.79 Å². The molecule has 3 nitrogen and oxygen atoms in total. The summed E-state index contributed by atoms with van der Waals surface area (Å²) >= 11 is 5.94. The summed E-state index contributed by atoms with van der Waals surface area (Å²) in [5.74, 6) is 2.49. The van der Waals surface area contributed by atoms with Crippen molar-refractivity contribution in [1.82, 2.24) is 0 Å². The molecule has 0 radical (unpaired) electrons. The van der Waals surface area contributed by atoms with E-state index in [9.17, 15) is 4.79 Å². The highest BCUT2D eigenvalue weighted by Crippen LogP contribution is 2.23. The van der Waals surface area contributed by atoms with Crippen LogP contribution in [-0.4, -0.2) is 18.7 Å². The van der Waals surface area contributed by atoms with Crippen LogP contribution in [0, 0.1) is 12.3 Å². The maximum absolute atomic E-state index is 11.9. The molecular formula is C14H16ClNO2. The minimum Gasteiger partial charge on any atom is -0.443 e. The Hall–Kier alpha value is -1.66. The van der Waals surface area contributed by atoms with E-state index in [1.807, 2.05) is 20.8 Å². The number of hydrogen-bond acceptors (Lipinski definition) is 2. The lowest BCUT2D eigenvalue weighted by atomic mass is 10.2. The van der Waals surface area contributed by atoms with Gasteiger partial charge in [-0.05, 0) is 39.0 Å². The van der Waals surface area contributed by atoms with Crippen molar-refractivity contribution >= 4 is 23.4 Å². The first-order valence-electron chi connectivity index (χ1n) is 5.47. The number of hydrogen-bond donors (Lipinski definition) is 0. The van der Waals surface area contributed by atoms with Crippen LogP contribution in [0.25, 0.3) is 0 Å². The third kappa shape index (κ3) is 3.97. The van der Waals surface area contributed by atoms with E-state index in [4.69, 9.17) is 22.8 Å². The van der Waals surface area contributed by atoms with E-state index in [0.29, 0.717) is 16.3 Å². The van der Waals surface area contributed by atoms with E-state index in [2.05, 4.69) is 5.92 Å². The van der Waals surface area contributed by atoms with Gasteiger partial charge in [0.15, 0.2) is 0 Å². The Morgan fingerprint density at radius 1 is 1.39 bits per heavy atom. The Bertz CT molecular complexity index is 497. The summed E-state index contributed by atoms with van der Waals surface area (Å²) in [5, 5.41) is 0.482. The fourth-order valence-electron chi connectivity index (χ4n) is 1.29. The van der Waals surface area contributed by atoms with Gasteiger partial charge >= 0.3 is 6.09 Å². The molecule has 1 aromatic carbocycles. The summed E-state index contributed by atoms with van der Waals surface area (Å²) in [6.45, 7) is 5.43. The molecule has 96 valence electrons. The Kier molecular flexibility index (Phi) is 4.26. The normalized spacial score (nSPS) is 10.7. The van der Waals surface area contributed by atoms with Crippen molar-refractivity contribution < 1.29 is 9.53 Å². The minimum absolute atomic E-state index is 0.451. The monoisotopic (exact) mass is 265 g/mol. The van der Waals surface area contributed by atoms with Crippen LogP contribution in [0.1, 0.15) is 26.3 Å². The maximum Gasteiger partial charge on any atom is 0.414 e. The van der Waals surface area contributed by atoms with Crippen LogP contribution < -0.4 is 4.90 Å². The highest BCUT2D eigenvalue weighted by atomic mass is 35.5. The van der Waals surface area contributed by atoms with Gasteiger partial charge in [0.25, 0.3) is 0 Å². The molecule has 0 fully saturated rings. The fraction of sp³-hybridized carbons (Fsp3) is 0.357. The van der Waals surface area contributed by atoms with E-state index in [-0.39, 0.29) is 0 Å². The van der Waals surface area contributed by atoms with E-state index < -0.39 is 11.7 Å². The van der Waals surface area contributed by atoms with Gasteiger partial charge in [0.1, 0.15) is 5.60 Å². The Balaban J connectivity index is 2.97. The zero-order valence-corrected chi connectivity index (χ0v) is 11.7. The third-order valence-corrected chi connectivity index (χ3v) is 2.32. The molecule has 0 N–H and O–H groups in total. The Labute approximate surface area is 113 Å². The molecule has 0 spiro atoms. The van der Waals surface area contributed by atoms with Gasteiger partial charge in [0.2, 0.25) is 0 Å². The lowest BCUT2D eigenvalue weighted by molar-refractivity contribution is 0.0589. The molecule has 0 aliphatic heterocycles. The largest absolute Gasteiger partial charge is 0.443 e. The number of carbonyl (C=O) groups excluding carboxylic acids is 1. The van der Waals surface area contributed by atoms with Crippen molar-refractivity contribution in [1.29, 1.82) is 0 Å². The quantitative estimate of drug-likeness (QED) is 0.725. The van der Waals surface area contributed by atoms with Gasteiger partial charge in [0.05, 0.1) is 0 Å². The molecule has 0 aliphatic rings. The van der Waals surface area contributed by atoms with E-state index >= 15 is 0 Å². The zero-order valence-electron chi connectivity index (χ0n) is 11.0. The first-order chi connectivity index (χ1) is 8.23. The predicted molar refractivity (Wildman–Crippen MR) is 74.0 cm³/mol. The number of halogens is 1. The molecular weight excluding hydrogens is 250 g/mol. The van der Waals surface area contributed by atoms with Gasteiger partial charge in [-0.15, -0.1) is 6.42 Å². The van der Waals surface area contributed by atoms with Crippen molar-refractivity contribution in [3.05, 3.63) is 28.8 Å². The molecule has 0 unspecified atom stereocenters. The van der Waals surface area contributed by atoms with E-state index in [1.54, 1.807) is 25.2 Å². The molecule has 0 bridgehead atoms. The number of anilines is 1. The second kappa shape index (κ2) is 5.32. The lowest BCUT2D eigenvalue weighted by Crippen LogP contribution is -2.34. The van der Waals surface area contributed by atoms with E-state index in [0.717, 1.165) is 0 Å². The zero-order chi connectivity index (χ0) is 13.9. The van der Waals surface area contributed by atoms with Crippen molar-refractivity contribution in [2.45, 2.75) is 26.4 Å².